The molecule has 152 valence electrons. The van der Waals surface area contributed by atoms with Gasteiger partial charge in [-0.15, -0.1) is 11.8 Å². The molecule has 1 fully saturated rings. The lowest BCUT2D eigenvalue weighted by Gasteiger charge is -2.22. The highest BCUT2D eigenvalue weighted by molar-refractivity contribution is 7.99. The van der Waals surface area contributed by atoms with E-state index >= 15 is 0 Å². The van der Waals surface area contributed by atoms with Gasteiger partial charge >= 0.3 is 0 Å². The molecule has 1 atom stereocenters. The van der Waals surface area contributed by atoms with Gasteiger partial charge in [0, 0.05) is 55.6 Å². The Bertz CT molecular complexity index is 784. The van der Waals surface area contributed by atoms with E-state index in [0.29, 0.717) is 5.92 Å². The van der Waals surface area contributed by atoms with Crippen molar-refractivity contribution >= 4 is 17.7 Å². The van der Waals surface area contributed by atoms with Gasteiger partial charge in [-0.2, -0.15) is 5.10 Å². The minimum atomic E-state index is 0.708. The maximum atomic E-state index is 4.69. The number of aliphatic imine (C=N–C) groups is 1. The Hall–Kier alpha value is -1.95. The minimum Gasteiger partial charge on any atom is -0.352 e. The van der Waals surface area contributed by atoms with Crippen LogP contribution in [0.25, 0.3) is 0 Å². The first kappa shape index (κ1) is 20.8. The molecular formula is C22H33N5S. The lowest BCUT2D eigenvalue weighted by Crippen LogP contribution is -2.40. The number of hydrogen-bond acceptors (Lipinski definition) is 3. The van der Waals surface area contributed by atoms with Crippen LogP contribution in [-0.2, 0) is 26.4 Å². The summed E-state index contributed by atoms with van der Waals surface area (Å²) in [7, 11) is 3.94. The van der Waals surface area contributed by atoms with Gasteiger partial charge in [-0.25, -0.2) is 0 Å². The van der Waals surface area contributed by atoms with Gasteiger partial charge in [0.15, 0.2) is 5.96 Å². The van der Waals surface area contributed by atoms with E-state index in [0.717, 1.165) is 38.4 Å². The first-order valence-corrected chi connectivity index (χ1v) is 11.3. The van der Waals surface area contributed by atoms with Crippen LogP contribution in [0.4, 0.5) is 0 Å². The second-order valence-corrected chi connectivity index (χ2v) is 8.42. The summed E-state index contributed by atoms with van der Waals surface area (Å²) < 4.78 is 2.03. The Morgan fingerprint density at radius 1 is 1.25 bits per heavy atom. The van der Waals surface area contributed by atoms with Crippen molar-refractivity contribution in [1.82, 2.24) is 20.0 Å². The first-order chi connectivity index (χ1) is 13.7. The molecule has 0 saturated carbocycles. The van der Waals surface area contributed by atoms with Gasteiger partial charge in [0.2, 0.25) is 0 Å². The summed E-state index contributed by atoms with van der Waals surface area (Å²) >= 11 is 1.96. The van der Waals surface area contributed by atoms with Crippen molar-refractivity contribution in [1.29, 1.82) is 0 Å². The summed E-state index contributed by atoms with van der Waals surface area (Å²) in [6.45, 7) is 7.33. The zero-order chi connectivity index (χ0) is 19.9. The quantitative estimate of drug-likeness (QED) is 0.438. The smallest absolute Gasteiger partial charge is 0.193 e. The summed E-state index contributed by atoms with van der Waals surface area (Å²) in [6, 6.07) is 10.7. The van der Waals surface area contributed by atoms with Crippen LogP contribution in [0.5, 0.6) is 0 Å². The Kier molecular flexibility index (Phi) is 7.43. The van der Waals surface area contributed by atoms with Gasteiger partial charge in [-0.1, -0.05) is 32.0 Å². The fourth-order valence-corrected chi connectivity index (χ4v) is 5.04. The number of guanidine groups is 1. The monoisotopic (exact) mass is 399 g/mol. The molecule has 0 spiro atoms. The number of nitrogens with zero attached hydrogens (tertiary/aromatic N) is 4. The maximum Gasteiger partial charge on any atom is 0.193 e. The fraction of sp³-hybridized carbons (Fsp3) is 0.545. The highest BCUT2D eigenvalue weighted by atomic mass is 32.2. The van der Waals surface area contributed by atoms with E-state index < -0.39 is 0 Å². The van der Waals surface area contributed by atoms with Crippen LogP contribution in [0.1, 0.15) is 37.2 Å². The third kappa shape index (κ3) is 4.90. The van der Waals surface area contributed by atoms with Crippen LogP contribution in [-0.4, -0.2) is 46.5 Å². The number of nitrogens with one attached hydrogen (secondary N) is 1. The van der Waals surface area contributed by atoms with Crippen LogP contribution >= 0.6 is 11.8 Å². The van der Waals surface area contributed by atoms with E-state index in [1.165, 1.54) is 34.0 Å². The molecule has 2 heterocycles. The number of likely N-dealkylation sites (tertiary alicyclic amines) is 1. The largest absolute Gasteiger partial charge is 0.352 e. The van der Waals surface area contributed by atoms with E-state index in [-0.39, 0.29) is 0 Å². The van der Waals surface area contributed by atoms with Crippen molar-refractivity contribution in [3.8, 4) is 0 Å². The van der Waals surface area contributed by atoms with Crippen molar-refractivity contribution in [3.05, 3.63) is 47.3 Å². The summed E-state index contributed by atoms with van der Waals surface area (Å²) in [5, 5.41) is 8.29. The van der Waals surface area contributed by atoms with Crippen LogP contribution in [0, 0.1) is 5.92 Å². The molecule has 0 amide bonds. The molecule has 5 nitrogen and oxygen atoms in total. The molecule has 2 aromatic rings. The highest BCUT2D eigenvalue weighted by Crippen LogP contribution is 2.26. The van der Waals surface area contributed by atoms with E-state index in [9.17, 15) is 0 Å². The lowest BCUT2D eigenvalue weighted by atomic mass is 10.1. The van der Waals surface area contributed by atoms with Crippen molar-refractivity contribution in [3.63, 3.8) is 0 Å². The molecule has 0 radical (unpaired) electrons. The second kappa shape index (κ2) is 10.0. The number of rotatable bonds is 7. The van der Waals surface area contributed by atoms with Gasteiger partial charge in [-0.3, -0.25) is 9.67 Å². The normalized spacial score (nSPS) is 17.4. The number of thioether (sulfide) groups is 1. The van der Waals surface area contributed by atoms with Gasteiger partial charge in [0.05, 0.1) is 5.69 Å². The van der Waals surface area contributed by atoms with Crippen molar-refractivity contribution < 1.29 is 0 Å². The van der Waals surface area contributed by atoms with E-state index in [1.54, 1.807) is 0 Å². The average molecular weight is 400 g/mol. The Balaban J connectivity index is 1.55. The van der Waals surface area contributed by atoms with Crippen LogP contribution in [0.3, 0.4) is 0 Å². The summed E-state index contributed by atoms with van der Waals surface area (Å²) in [6.07, 6.45) is 3.20. The maximum absolute atomic E-state index is 4.69. The molecule has 1 aromatic carbocycles. The lowest BCUT2D eigenvalue weighted by molar-refractivity contribution is 0.474. The van der Waals surface area contributed by atoms with Crippen molar-refractivity contribution in [2.75, 3.05) is 25.9 Å². The predicted molar refractivity (Wildman–Crippen MR) is 119 cm³/mol. The first-order valence-electron chi connectivity index (χ1n) is 10.3. The molecule has 1 N–H and O–H groups in total. The molecule has 3 rings (SSSR count). The SMILES string of the molecule is CCc1nn(C)c(CC)c1CNC(=NC)N1CCC(CSc2ccccc2)C1. The van der Waals surface area contributed by atoms with Crippen LogP contribution in [0.15, 0.2) is 40.2 Å². The molecule has 6 heteroatoms. The number of benzene rings is 1. The summed E-state index contributed by atoms with van der Waals surface area (Å²) in [5.74, 6) is 2.89. The van der Waals surface area contributed by atoms with Gasteiger partial charge in [-0.05, 0) is 37.3 Å². The van der Waals surface area contributed by atoms with Crippen molar-refractivity contribution in [2.24, 2.45) is 18.0 Å². The number of aromatic nitrogens is 2. The van der Waals surface area contributed by atoms with Crippen LogP contribution < -0.4 is 5.32 Å². The molecule has 1 saturated heterocycles. The van der Waals surface area contributed by atoms with Crippen molar-refractivity contribution in [2.45, 2.75) is 44.6 Å². The zero-order valence-electron chi connectivity index (χ0n) is 17.6. The average Bonchev–Trinajstić information content (AvgIpc) is 3.31. The van der Waals surface area contributed by atoms with Gasteiger partial charge in [0.1, 0.15) is 0 Å². The molecule has 1 unspecified atom stereocenters. The molecule has 0 aliphatic carbocycles. The predicted octanol–water partition coefficient (Wildman–Crippen LogP) is 3.73. The van der Waals surface area contributed by atoms with E-state index in [2.05, 4.69) is 64.5 Å². The molecular weight excluding hydrogens is 366 g/mol. The Morgan fingerprint density at radius 3 is 2.71 bits per heavy atom. The summed E-state index contributed by atoms with van der Waals surface area (Å²) in [4.78, 5) is 8.32. The van der Waals surface area contributed by atoms with E-state index in [1.807, 2.05) is 30.5 Å². The zero-order valence-corrected chi connectivity index (χ0v) is 18.4. The Labute approximate surface area is 173 Å². The highest BCUT2D eigenvalue weighted by Gasteiger charge is 2.25. The van der Waals surface area contributed by atoms with Gasteiger partial charge < -0.3 is 10.2 Å². The molecule has 1 aliphatic heterocycles. The number of aryl methyl sites for hydroxylation is 2. The summed E-state index contributed by atoms with van der Waals surface area (Å²) in [5.41, 5.74) is 3.85. The third-order valence-electron chi connectivity index (χ3n) is 5.48. The molecule has 0 bridgehead atoms. The van der Waals surface area contributed by atoms with Crippen LogP contribution in [0.2, 0.25) is 0 Å². The Morgan fingerprint density at radius 2 is 2.04 bits per heavy atom. The third-order valence-corrected chi connectivity index (χ3v) is 6.72. The molecule has 1 aromatic heterocycles. The van der Waals surface area contributed by atoms with Gasteiger partial charge in [0.25, 0.3) is 0 Å². The van der Waals surface area contributed by atoms with E-state index in [4.69, 9.17) is 0 Å². The fourth-order valence-electron chi connectivity index (χ4n) is 3.99. The molecule has 1 aliphatic rings. The topological polar surface area (TPSA) is 45.5 Å². The standard InChI is InChI=1S/C22H33N5S/c1-5-20-19(21(6-2)26(4)25-20)14-24-22(23-3)27-13-12-17(15-27)16-28-18-10-8-7-9-11-18/h7-11,17H,5-6,12-16H2,1-4H3,(H,23,24). The minimum absolute atomic E-state index is 0.708. The second-order valence-electron chi connectivity index (χ2n) is 7.33. The number of hydrogen-bond donors (Lipinski definition) is 1. The molecule has 28 heavy (non-hydrogen) atoms.